The van der Waals surface area contributed by atoms with Crippen molar-refractivity contribution in [1.82, 2.24) is 0 Å². The predicted octanol–water partition coefficient (Wildman–Crippen LogP) is 8.11. The van der Waals surface area contributed by atoms with Crippen molar-refractivity contribution < 1.29 is 9.84 Å². The van der Waals surface area contributed by atoms with Gasteiger partial charge in [-0.2, -0.15) is 0 Å². The number of anilines is 1. The zero-order chi connectivity index (χ0) is 23.2. The van der Waals surface area contributed by atoms with Gasteiger partial charge in [-0.3, -0.25) is 0 Å². The van der Waals surface area contributed by atoms with Gasteiger partial charge in [0.1, 0.15) is 17.1 Å². The zero-order valence-corrected chi connectivity index (χ0v) is 21.4. The van der Waals surface area contributed by atoms with Gasteiger partial charge < -0.3 is 15.6 Å². The third-order valence-electron chi connectivity index (χ3n) is 7.64. The molecule has 178 valence electrons. The Labute approximate surface area is 192 Å². The van der Waals surface area contributed by atoms with E-state index in [-0.39, 0.29) is 11.4 Å². The highest BCUT2D eigenvalue weighted by Gasteiger charge is 2.34. The molecule has 0 aliphatic carbocycles. The minimum absolute atomic E-state index is 0.127. The molecule has 31 heavy (non-hydrogen) atoms. The molecule has 1 aromatic carbocycles. The summed E-state index contributed by atoms with van der Waals surface area (Å²) in [5.74, 6) is 3.65. The Kier molecular flexibility index (Phi) is 9.58. The lowest BCUT2D eigenvalue weighted by molar-refractivity contribution is 0.0516. The molecule has 3 heteroatoms. The third-order valence-corrected chi connectivity index (χ3v) is 7.64. The number of phenols is 1. The molecule has 1 aromatic rings. The fraction of sp³-hybridized carbons (Fsp3) is 0.786. The molecule has 3 atom stereocenters. The zero-order valence-electron chi connectivity index (χ0n) is 21.4. The first-order chi connectivity index (χ1) is 14.5. The number of rotatable bonds is 12. The summed E-state index contributed by atoms with van der Waals surface area (Å²) < 4.78 is 6.52. The molecule has 1 aliphatic rings. The molecule has 0 fully saturated rings. The number of phenolic OH excluding ortho intramolecular Hbond substituents is 1. The molecule has 0 saturated heterocycles. The quantitative estimate of drug-likeness (QED) is 0.259. The molecular weight excluding hydrogens is 382 g/mol. The minimum Gasteiger partial charge on any atom is -0.505 e. The standard InChI is InChI=1S/C28H49NO2/c1-19(2)11-8-12-20(3)13-9-14-21(4)15-10-17-28(7)18-16-24-25(29)26(30)22(5)23(6)27(24)31-28/h19-21,30H,8-18,29H2,1-7H3. The van der Waals surface area contributed by atoms with Gasteiger partial charge in [0.25, 0.3) is 0 Å². The average molecular weight is 432 g/mol. The van der Waals surface area contributed by atoms with Crippen molar-refractivity contribution in [3.63, 3.8) is 0 Å². The van der Waals surface area contributed by atoms with Gasteiger partial charge in [-0.25, -0.2) is 0 Å². The first kappa shape index (κ1) is 25.9. The van der Waals surface area contributed by atoms with Crippen LogP contribution in [-0.2, 0) is 6.42 Å². The normalized spacial score (nSPS) is 20.4. The maximum Gasteiger partial charge on any atom is 0.142 e. The number of aromatic hydroxyl groups is 1. The summed E-state index contributed by atoms with van der Waals surface area (Å²) >= 11 is 0. The van der Waals surface area contributed by atoms with Crippen LogP contribution in [0.5, 0.6) is 11.5 Å². The number of nitrogen functional groups attached to an aromatic ring is 1. The van der Waals surface area contributed by atoms with E-state index >= 15 is 0 Å². The summed E-state index contributed by atoms with van der Waals surface area (Å²) in [6.07, 6.45) is 13.7. The van der Waals surface area contributed by atoms with Gasteiger partial charge in [-0.05, 0) is 75.3 Å². The molecule has 3 nitrogen and oxygen atoms in total. The number of nitrogens with two attached hydrogens (primary N) is 1. The maximum absolute atomic E-state index is 10.3. The molecule has 0 radical (unpaired) electrons. The molecule has 0 spiro atoms. The van der Waals surface area contributed by atoms with E-state index in [0.717, 1.165) is 59.5 Å². The van der Waals surface area contributed by atoms with Crippen LogP contribution in [0, 0.1) is 31.6 Å². The highest BCUT2D eigenvalue weighted by Crippen LogP contribution is 2.46. The van der Waals surface area contributed by atoms with Gasteiger partial charge in [0.05, 0.1) is 5.69 Å². The van der Waals surface area contributed by atoms with Crippen molar-refractivity contribution in [2.45, 2.75) is 125 Å². The molecule has 1 aliphatic heterocycles. The first-order valence-corrected chi connectivity index (χ1v) is 12.8. The van der Waals surface area contributed by atoms with Crippen LogP contribution < -0.4 is 10.5 Å². The number of hydrogen-bond acceptors (Lipinski definition) is 3. The van der Waals surface area contributed by atoms with E-state index in [0.29, 0.717) is 5.69 Å². The van der Waals surface area contributed by atoms with Crippen LogP contribution in [0.3, 0.4) is 0 Å². The van der Waals surface area contributed by atoms with E-state index in [1.165, 1.54) is 51.4 Å². The summed E-state index contributed by atoms with van der Waals surface area (Å²) in [5, 5.41) is 10.3. The van der Waals surface area contributed by atoms with E-state index < -0.39 is 0 Å². The Balaban J connectivity index is 1.74. The maximum atomic E-state index is 10.3. The minimum atomic E-state index is -0.127. The summed E-state index contributed by atoms with van der Waals surface area (Å²) in [4.78, 5) is 0. The Hall–Kier alpha value is -1.38. The molecule has 3 unspecified atom stereocenters. The number of benzene rings is 1. The van der Waals surface area contributed by atoms with Crippen molar-refractivity contribution in [3.8, 4) is 11.5 Å². The smallest absolute Gasteiger partial charge is 0.142 e. The number of fused-ring (bicyclic) bond motifs is 1. The fourth-order valence-electron chi connectivity index (χ4n) is 5.09. The summed E-state index contributed by atoms with van der Waals surface area (Å²) in [6.45, 7) is 15.7. The van der Waals surface area contributed by atoms with Crippen LogP contribution >= 0.6 is 0 Å². The highest BCUT2D eigenvalue weighted by molar-refractivity contribution is 5.69. The average Bonchev–Trinajstić information content (AvgIpc) is 2.70. The molecular formula is C28H49NO2. The van der Waals surface area contributed by atoms with E-state index in [1.54, 1.807) is 0 Å². The first-order valence-electron chi connectivity index (χ1n) is 12.8. The number of hydrogen-bond donors (Lipinski definition) is 2. The van der Waals surface area contributed by atoms with Gasteiger partial charge in [-0.15, -0.1) is 0 Å². The highest BCUT2D eigenvalue weighted by atomic mass is 16.5. The Morgan fingerprint density at radius 1 is 0.903 bits per heavy atom. The van der Waals surface area contributed by atoms with Crippen LogP contribution in [-0.4, -0.2) is 10.7 Å². The van der Waals surface area contributed by atoms with Crippen LogP contribution in [0.4, 0.5) is 5.69 Å². The van der Waals surface area contributed by atoms with Crippen LogP contribution in [0.2, 0.25) is 0 Å². The molecule has 3 N–H and O–H groups in total. The lowest BCUT2D eigenvalue weighted by Gasteiger charge is -2.38. The second-order valence-electron chi connectivity index (χ2n) is 11.2. The third kappa shape index (κ3) is 7.32. The largest absolute Gasteiger partial charge is 0.505 e. The SMILES string of the molecule is Cc1c(C)c2c(c(N)c1O)CCC(C)(CCCC(C)CCCC(C)CCCC(C)C)O2. The molecule has 0 saturated carbocycles. The summed E-state index contributed by atoms with van der Waals surface area (Å²) in [6, 6.07) is 0. The van der Waals surface area contributed by atoms with Crippen LogP contribution in [0.25, 0.3) is 0 Å². The van der Waals surface area contributed by atoms with Crippen molar-refractivity contribution >= 4 is 5.69 Å². The summed E-state index contributed by atoms with van der Waals surface area (Å²) in [5.41, 5.74) is 9.42. The Morgan fingerprint density at radius 3 is 2.03 bits per heavy atom. The number of ether oxygens (including phenoxy) is 1. The lowest BCUT2D eigenvalue weighted by Crippen LogP contribution is -2.37. The van der Waals surface area contributed by atoms with Gasteiger partial charge in [0.15, 0.2) is 0 Å². The molecule has 0 bridgehead atoms. The van der Waals surface area contributed by atoms with E-state index in [9.17, 15) is 5.11 Å². The summed E-state index contributed by atoms with van der Waals surface area (Å²) in [7, 11) is 0. The van der Waals surface area contributed by atoms with Crippen molar-refractivity contribution in [2.75, 3.05) is 5.73 Å². The second-order valence-corrected chi connectivity index (χ2v) is 11.2. The molecule has 0 aromatic heterocycles. The van der Waals surface area contributed by atoms with Gasteiger partial charge in [0, 0.05) is 5.56 Å². The van der Waals surface area contributed by atoms with Crippen molar-refractivity contribution in [2.24, 2.45) is 17.8 Å². The Bertz CT molecular complexity index is 712. The van der Waals surface area contributed by atoms with E-state index in [1.807, 2.05) is 13.8 Å². The van der Waals surface area contributed by atoms with Gasteiger partial charge in [0.2, 0.25) is 0 Å². The molecule has 0 amide bonds. The van der Waals surface area contributed by atoms with Crippen molar-refractivity contribution in [3.05, 3.63) is 16.7 Å². The van der Waals surface area contributed by atoms with Gasteiger partial charge in [-0.1, -0.05) is 72.6 Å². The van der Waals surface area contributed by atoms with Crippen LogP contribution in [0.15, 0.2) is 0 Å². The molecule has 2 rings (SSSR count). The lowest BCUT2D eigenvalue weighted by atomic mass is 9.84. The second kappa shape index (κ2) is 11.5. The van der Waals surface area contributed by atoms with Crippen LogP contribution in [0.1, 0.15) is 116 Å². The van der Waals surface area contributed by atoms with E-state index in [4.69, 9.17) is 10.5 Å². The topological polar surface area (TPSA) is 55.5 Å². The fourth-order valence-corrected chi connectivity index (χ4v) is 5.09. The molecule has 1 heterocycles. The predicted molar refractivity (Wildman–Crippen MR) is 134 cm³/mol. The van der Waals surface area contributed by atoms with E-state index in [2.05, 4.69) is 34.6 Å². The monoisotopic (exact) mass is 431 g/mol. The van der Waals surface area contributed by atoms with Crippen molar-refractivity contribution in [1.29, 1.82) is 0 Å². The Morgan fingerprint density at radius 2 is 1.45 bits per heavy atom. The van der Waals surface area contributed by atoms with Gasteiger partial charge >= 0.3 is 0 Å².